The zero-order valence-electron chi connectivity index (χ0n) is 14.3. The molecule has 3 aromatic rings. The first-order chi connectivity index (χ1) is 12.1. The van der Waals surface area contributed by atoms with Gasteiger partial charge in [0.1, 0.15) is 5.82 Å². The molecular weight excluding hydrogens is 317 g/mol. The summed E-state index contributed by atoms with van der Waals surface area (Å²) in [6, 6.07) is 13.1. The highest BCUT2D eigenvalue weighted by Gasteiger charge is 2.25. The summed E-state index contributed by atoms with van der Waals surface area (Å²) >= 11 is 0. The Bertz CT molecular complexity index is 942. The van der Waals surface area contributed by atoms with Crippen LogP contribution in [0.15, 0.2) is 47.3 Å². The van der Waals surface area contributed by atoms with E-state index < -0.39 is 0 Å². The van der Waals surface area contributed by atoms with Crippen molar-refractivity contribution in [1.82, 2.24) is 14.5 Å². The number of para-hydroxylation sites is 1. The summed E-state index contributed by atoms with van der Waals surface area (Å²) < 4.78 is 14.8. The van der Waals surface area contributed by atoms with Gasteiger partial charge in [0.15, 0.2) is 0 Å². The second kappa shape index (κ2) is 6.48. The van der Waals surface area contributed by atoms with E-state index in [0.717, 1.165) is 48.9 Å². The van der Waals surface area contributed by atoms with Crippen LogP contribution in [-0.2, 0) is 19.4 Å². The quantitative estimate of drug-likeness (QED) is 0.776. The van der Waals surface area contributed by atoms with Crippen LogP contribution in [0.5, 0.6) is 0 Å². The number of aryl methyl sites for hydroxylation is 1. The van der Waals surface area contributed by atoms with Gasteiger partial charge in [-0.3, -0.25) is 4.57 Å². The molecule has 0 bridgehead atoms. The Morgan fingerprint density at radius 2 is 2.04 bits per heavy atom. The Labute approximate surface area is 145 Å². The van der Waals surface area contributed by atoms with Crippen LogP contribution < -0.4 is 5.69 Å². The van der Waals surface area contributed by atoms with Crippen molar-refractivity contribution in [3.8, 4) is 0 Å². The molecule has 1 N–H and O–H groups in total. The van der Waals surface area contributed by atoms with E-state index in [1.54, 1.807) is 0 Å². The van der Waals surface area contributed by atoms with Gasteiger partial charge in [-0.15, -0.1) is 0 Å². The minimum atomic E-state index is -0.190. The molecule has 1 aliphatic rings. The van der Waals surface area contributed by atoms with Crippen molar-refractivity contribution < 1.29 is 4.39 Å². The molecule has 1 aromatic heterocycles. The molecule has 5 heteroatoms. The standard InChI is InChI=1S/C20H22FN3O/c1-23(11-3-4-14-7-9-16(21)10-8-14)17-12-15-5-2-6-18-19(15)24(13-17)20(25)22-18/h2,5-10,17H,3-4,11-13H2,1H3,(H,22,25)/t17-/m0/s1. The van der Waals surface area contributed by atoms with E-state index in [2.05, 4.69) is 23.0 Å². The van der Waals surface area contributed by atoms with Gasteiger partial charge in [0.2, 0.25) is 0 Å². The summed E-state index contributed by atoms with van der Waals surface area (Å²) in [5, 5.41) is 0. The van der Waals surface area contributed by atoms with Crippen LogP contribution in [-0.4, -0.2) is 34.1 Å². The van der Waals surface area contributed by atoms with Crippen LogP contribution in [0.1, 0.15) is 17.5 Å². The molecule has 0 saturated carbocycles. The second-order valence-corrected chi connectivity index (χ2v) is 6.92. The number of H-pyrrole nitrogens is 1. The summed E-state index contributed by atoms with van der Waals surface area (Å²) in [6.45, 7) is 1.68. The normalized spacial score (nSPS) is 16.7. The third-order valence-corrected chi connectivity index (χ3v) is 5.24. The third kappa shape index (κ3) is 3.12. The molecule has 4 rings (SSSR count). The van der Waals surface area contributed by atoms with E-state index in [1.165, 1.54) is 17.7 Å². The fraction of sp³-hybridized carbons (Fsp3) is 0.350. The predicted octanol–water partition coefficient (Wildman–Crippen LogP) is 2.96. The minimum absolute atomic E-state index is 0.0214. The van der Waals surface area contributed by atoms with E-state index in [4.69, 9.17) is 0 Å². The maximum Gasteiger partial charge on any atom is 0.326 e. The maximum absolute atomic E-state index is 13.0. The largest absolute Gasteiger partial charge is 0.326 e. The first-order valence-corrected chi connectivity index (χ1v) is 8.77. The first-order valence-electron chi connectivity index (χ1n) is 8.77. The Morgan fingerprint density at radius 3 is 2.84 bits per heavy atom. The highest BCUT2D eigenvalue weighted by atomic mass is 19.1. The number of aromatic nitrogens is 2. The molecule has 0 aliphatic carbocycles. The number of benzene rings is 2. The van der Waals surface area contributed by atoms with Crippen LogP contribution in [0.3, 0.4) is 0 Å². The van der Waals surface area contributed by atoms with Crippen molar-refractivity contribution in [2.45, 2.75) is 31.8 Å². The summed E-state index contributed by atoms with van der Waals surface area (Å²) in [5.74, 6) is -0.190. The van der Waals surface area contributed by atoms with Crippen LogP contribution >= 0.6 is 0 Å². The molecule has 1 aliphatic heterocycles. The smallest absolute Gasteiger partial charge is 0.306 e. The van der Waals surface area contributed by atoms with Crippen molar-refractivity contribution >= 4 is 11.0 Å². The SMILES string of the molecule is CN(CCCc1ccc(F)cc1)[C@H]1Cc2cccc3[nH]c(=O)n(c23)C1. The maximum atomic E-state index is 13.0. The van der Waals surface area contributed by atoms with Gasteiger partial charge in [0, 0.05) is 12.6 Å². The average Bonchev–Trinajstić information content (AvgIpc) is 2.94. The van der Waals surface area contributed by atoms with Crippen molar-refractivity contribution in [3.63, 3.8) is 0 Å². The molecule has 0 radical (unpaired) electrons. The number of rotatable bonds is 5. The molecule has 0 spiro atoms. The number of imidazole rings is 1. The van der Waals surface area contributed by atoms with Crippen LogP contribution in [0, 0.1) is 5.82 Å². The van der Waals surface area contributed by atoms with Gasteiger partial charge in [-0.25, -0.2) is 9.18 Å². The molecule has 0 fully saturated rings. The topological polar surface area (TPSA) is 41.0 Å². The first kappa shape index (κ1) is 16.1. The lowest BCUT2D eigenvalue weighted by molar-refractivity contribution is 0.211. The number of likely N-dealkylation sites (N-methyl/N-ethyl adjacent to an activating group) is 1. The highest BCUT2D eigenvalue weighted by molar-refractivity contribution is 5.79. The number of hydrogen-bond donors (Lipinski definition) is 1. The van der Waals surface area contributed by atoms with Crippen molar-refractivity contribution in [1.29, 1.82) is 0 Å². The summed E-state index contributed by atoms with van der Waals surface area (Å²) in [5.41, 5.74) is 4.36. The Morgan fingerprint density at radius 1 is 1.24 bits per heavy atom. The molecule has 0 unspecified atom stereocenters. The van der Waals surface area contributed by atoms with E-state index in [-0.39, 0.29) is 11.5 Å². The zero-order chi connectivity index (χ0) is 17.4. The molecule has 25 heavy (non-hydrogen) atoms. The minimum Gasteiger partial charge on any atom is -0.306 e. The van der Waals surface area contributed by atoms with Gasteiger partial charge < -0.3 is 9.88 Å². The van der Waals surface area contributed by atoms with E-state index in [1.807, 2.05) is 28.8 Å². The van der Waals surface area contributed by atoms with Gasteiger partial charge in [0.05, 0.1) is 11.0 Å². The molecule has 130 valence electrons. The average molecular weight is 339 g/mol. The molecule has 2 aromatic carbocycles. The third-order valence-electron chi connectivity index (χ3n) is 5.24. The monoisotopic (exact) mass is 339 g/mol. The predicted molar refractivity (Wildman–Crippen MR) is 97.4 cm³/mol. The number of aromatic amines is 1. The lowest BCUT2D eigenvalue weighted by Gasteiger charge is -2.31. The molecule has 0 saturated heterocycles. The fourth-order valence-electron chi connectivity index (χ4n) is 3.82. The summed E-state index contributed by atoms with van der Waals surface area (Å²) in [6.07, 6.45) is 2.90. The van der Waals surface area contributed by atoms with Gasteiger partial charge in [-0.2, -0.15) is 0 Å². The van der Waals surface area contributed by atoms with Gasteiger partial charge in [-0.05, 0) is 62.2 Å². The highest BCUT2D eigenvalue weighted by Crippen LogP contribution is 2.24. The van der Waals surface area contributed by atoms with Crippen molar-refractivity contribution in [2.75, 3.05) is 13.6 Å². The van der Waals surface area contributed by atoms with Gasteiger partial charge in [0.25, 0.3) is 0 Å². The molecule has 4 nitrogen and oxygen atoms in total. The van der Waals surface area contributed by atoms with Crippen LogP contribution in [0.2, 0.25) is 0 Å². The summed E-state index contributed by atoms with van der Waals surface area (Å²) in [7, 11) is 2.12. The summed E-state index contributed by atoms with van der Waals surface area (Å²) in [4.78, 5) is 17.5. The lowest BCUT2D eigenvalue weighted by atomic mass is 9.99. The number of hydrogen-bond acceptors (Lipinski definition) is 2. The Kier molecular flexibility index (Phi) is 4.17. The molecule has 2 heterocycles. The van der Waals surface area contributed by atoms with Gasteiger partial charge >= 0.3 is 5.69 Å². The van der Waals surface area contributed by atoms with Crippen LogP contribution in [0.25, 0.3) is 11.0 Å². The van der Waals surface area contributed by atoms with Crippen molar-refractivity contribution in [3.05, 3.63) is 69.9 Å². The molecule has 0 amide bonds. The molecule has 1 atom stereocenters. The Balaban J connectivity index is 1.42. The van der Waals surface area contributed by atoms with E-state index in [9.17, 15) is 9.18 Å². The lowest BCUT2D eigenvalue weighted by Crippen LogP contribution is -2.42. The zero-order valence-corrected chi connectivity index (χ0v) is 14.3. The number of nitrogens with one attached hydrogen (secondary N) is 1. The number of nitrogens with zero attached hydrogens (tertiary/aromatic N) is 2. The second-order valence-electron chi connectivity index (χ2n) is 6.92. The number of halogens is 1. The fourth-order valence-corrected chi connectivity index (χ4v) is 3.82. The van der Waals surface area contributed by atoms with E-state index in [0.29, 0.717) is 6.04 Å². The van der Waals surface area contributed by atoms with Gasteiger partial charge in [-0.1, -0.05) is 24.3 Å². The van der Waals surface area contributed by atoms with Crippen LogP contribution in [0.4, 0.5) is 4.39 Å². The van der Waals surface area contributed by atoms with Crippen molar-refractivity contribution in [2.24, 2.45) is 0 Å². The molecular formula is C20H22FN3O. The van der Waals surface area contributed by atoms with E-state index >= 15 is 0 Å². The Hall–Kier alpha value is -2.40.